The molecule has 6 aliphatic rings. The minimum Gasteiger partial charge on any atom is -0.381 e. The van der Waals surface area contributed by atoms with E-state index < -0.39 is 11.1 Å². The van der Waals surface area contributed by atoms with Gasteiger partial charge >= 0.3 is 0 Å². The summed E-state index contributed by atoms with van der Waals surface area (Å²) in [6.45, 7) is 0. The summed E-state index contributed by atoms with van der Waals surface area (Å²) in [5.74, 6) is 0.125. The molecule has 270 valence electrons. The van der Waals surface area contributed by atoms with Crippen molar-refractivity contribution in [2.24, 2.45) is 15.8 Å². The molecule has 2 atom stereocenters. The minimum absolute atomic E-state index is 0.00443. The Morgan fingerprint density at radius 1 is 0.880 bits per heavy atom. The van der Waals surface area contributed by atoms with Gasteiger partial charge in [0.2, 0.25) is 0 Å². The normalized spacial score (nSPS) is 33.5. The number of hydrogen-bond acceptors (Lipinski definition) is 7. The summed E-state index contributed by atoms with van der Waals surface area (Å²) in [7, 11) is 5.42. The molecule has 2 aromatic rings. The van der Waals surface area contributed by atoms with Crippen LogP contribution in [0.15, 0.2) is 50.3 Å². The molecule has 2 unspecified atom stereocenters. The van der Waals surface area contributed by atoms with Crippen molar-refractivity contribution < 1.29 is 19.1 Å². The second kappa shape index (κ2) is 15.0. The van der Waals surface area contributed by atoms with Gasteiger partial charge in [-0.05, 0) is 134 Å². The second-order valence-electron chi connectivity index (χ2n) is 14.2. The number of hydrogen-bond donors (Lipinski definition) is 2. The van der Waals surface area contributed by atoms with Crippen LogP contribution in [0.2, 0.25) is 0 Å². The van der Waals surface area contributed by atoms with Crippen LogP contribution >= 0.6 is 78.4 Å². The lowest BCUT2D eigenvalue weighted by Gasteiger charge is -2.46. The monoisotopic (exact) mass is 958 g/mol. The Bertz CT molecular complexity index is 1710. The first-order valence-corrected chi connectivity index (χ1v) is 22.4. The summed E-state index contributed by atoms with van der Waals surface area (Å²) in [4.78, 5) is 35.4. The van der Waals surface area contributed by atoms with Gasteiger partial charge in [0.15, 0.2) is 21.4 Å². The molecule has 2 amide bonds. The fourth-order valence-corrected chi connectivity index (χ4v) is 11.4. The number of amides is 2. The Hall–Kier alpha value is -1.10. The van der Waals surface area contributed by atoms with Crippen LogP contribution in [0.1, 0.15) is 73.6 Å². The number of rotatable bonds is 2. The molecule has 2 heterocycles. The number of amidine groups is 1. The number of halogens is 3. The minimum atomic E-state index is -0.766. The number of fused-ring (bicyclic) bond motifs is 6. The van der Waals surface area contributed by atoms with E-state index in [1.807, 2.05) is 18.2 Å². The average Bonchev–Trinajstić information content (AvgIpc) is 3.77. The first-order valence-electron chi connectivity index (χ1n) is 17.0. The van der Waals surface area contributed by atoms with Gasteiger partial charge in [-0.15, -0.1) is 0 Å². The van der Waals surface area contributed by atoms with Gasteiger partial charge in [0.1, 0.15) is 0 Å². The van der Waals surface area contributed by atoms with E-state index >= 15 is 0 Å². The van der Waals surface area contributed by atoms with Crippen molar-refractivity contribution in [3.63, 3.8) is 0 Å². The Morgan fingerprint density at radius 2 is 1.38 bits per heavy atom. The number of thiocarbonyl (C=S) groups is 1. The molecule has 4 aliphatic carbocycles. The molecule has 2 aromatic carbocycles. The third-order valence-corrected chi connectivity index (χ3v) is 14.1. The zero-order chi connectivity index (χ0) is 36.1. The van der Waals surface area contributed by atoms with E-state index in [0.29, 0.717) is 17.3 Å². The topological polar surface area (TPSA) is 92.3 Å². The highest BCUT2D eigenvalue weighted by molar-refractivity contribution is 14.1. The van der Waals surface area contributed by atoms with Crippen LogP contribution in [0.4, 0.5) is 0 Å². The molecule has 4 spiro atoms. The van der Waals surface area contributed by atoms with E-state index in [1.54, 1.807) is 30.9 Å². The van der Waals surface area contributed by atoms with Crippen molar-refractivity contribution >= 4 is 101 Å². The van der Waals surface area contributed by atoms with E-state index in [2.05, 4.69) is 101 Å². The van der Waals surface area contributed by atoms with Crippen molar-refractivity contribution in [2.75, 3.05) is 32.5 Å². The van der Waals surface area contributed by atoms with Gasteiger partial charge < -0.3 is 20.1 Å². The molecule has 2 N–H and O–H groups in total. The smallest absolute Gasteiger partial charge is 0.261 e. The summed E-state index contributed by atoms with van der Waals surface area (Å²) in [5, 5.41) is 7.47. The first kappa shape index (κ1) is 38.6. The van der Waals surface area contributed by atoms with Crippen molar-refractivity contribution in [1.82, 2.24) is 15.5 Å². The number of carbonyl (C=O) groups excluding carboxylic acids is 2. The van der Waals surface area contributed by atoms with Crippen LogP contribution in [0, 0.1) is 10.8 Å². The van der Waals surface area contributed by atoms with Crippen molar-refractivity contribution in [3.05, 3.63) is 67.6 Å². The highest BCUT2D eigenvalue weighted by atomic mass is 127. The number of likely N-dealkylation sites (N-methyl/N-ethyl adjacent to an activating group) is 1. The van der Waals surface area contributed by atoms with Crippen LogP contribution in [0.25, 0.3) is 0 Å². The Kier molecular flexibility index (Phi) is 11.6. The maximum atomic E-state index is 13.5. The van der Waals surface area contributed by atoms with Gasteiger partial charge in [-0.25, -0.2) is 4.99 Å². The van der Waals surface area contributed by atoms with Crippen LogP contribution in [0.5, 0.6) is 0 Å². The molecule has 1 saturated heterocycles. The zero-order valence-corrected chi connectivity index (χ0v) is 36.1. The third kappa shape index (κ3) is 5.95. The number of nitrogens with one attached hydrogen (secondary N) is 2. The zero-order valence-electron chi connectivity index (χ0n) is 29.2. The molecule has 8 rings (SSSR count). The molecular formula is C37H45Br2IN4O4S2. The summed E-state index contributed by atoms with van der Waals surface area (Å²) in [6.07, 6.45) is 12.2. The number of alkyl halides is 1. The molecule has 0 aromatic heterocycles. The van der Waals surface area contributed by atoms with Crippen LogP contribution in [-0.4, -0.2) is 71.7 Å². The molecule has 3 fully saturated rings. The number of carbonyl (C=O) groups is 2. The van der Waals surface area contributed by atoms with Gasteiger partial charge in [-0.1, -0.05) is 78.3 Å². The third-order valence-electron chi connectivity index (χ3n) is 12.2. The van der Waals surface area contributed by atoms with Crippen molar-refractivity contribution in [1.29, 1.82) is 0 Å². The van der Waals surface area contributed by atoms with E-state index in [4.69, 9.17) is 26.7 Å². The highest BCUT2D eigenvalue weighted by Crippen LogP contribution is 2.63. The van der Waals surface area contributed by atoms with Gasteiger partial charge in [0.25, 0.3) is 11.8 Å². The molecule has 8 nitrogen and oxygen atoms in total. The van der Waals surface area contributed by atoms with E-state index in [1.165, 1.54) is 11.1 Å². The van der Waals surface area contributed by atoms with Gasteiger partial charge in [-0.3, -0.25) is 14.5 Å². The van der Waals surface area contributed by atoms with Crippen LogP contribution < -0.4 is 10.6 Å². The molecule has 0 bridgehead atoms. The van der Waals surface area contributed by atoms with Gasteiger partial charge in [0.05, 0.1) is 12.2 Å². The number of nitrogens with zero attached hydrogens (tertiary/aromatic N) is 2. The van der Waals surface area contributed by atoms with Crippen LogP contribution in [0.3, 0.4) is 0 Å². The number of methoxy groups -OCH3 is 2. The SMILES string of the molecule is CI.COC1CCC2(CC1)Cc1ccc(Br)cc1C21N=C(SC)N(C)C1=O.COC1CCC2(CC1)Cc1ccc(Br)cc1C21NC(=S)NC1=O. The quantitative estimate of drug-likeness (QED) is 0.181. The van der Waals surface area contributed by atoms with Gasteiger partial charge in [-0.2, -0.15) is 0 Å². The lowest BCUT2D eigenvalue weighted by Crippen LogP contribution is -2.56. The summed E-state index contributed by atoms with van der Waals surface area (Å²) in [5.41, 5.74) is 2.92. The van der Waals surface area contributed by atoms with Crippen molar-refractivity contribution in [3.8, 4) is 0 Å². The Labute approximate surface area is 335 Å². The van der Waals surface area contributed by atoms with Crippen molar-refractivity contribution in [2.45, 2.75) is 87.5 Å². The van der Waals surface area contributed by atoms with E-state index in [0.717, 1.165) is 89.4 Å². The molecule has 2 aliphatic heterocycles. The maximum absolute atomic E-state index is 13.5. The largest absolute Gasteiger partial charge is 0.381 e. The fourth-order valence-electron chi connectivity index (χ4n) is 9.82. The molecule has 0 radical (unpaired) electrons. The predicted molar refractivity (Wildman–Crippen MR) is 220 cm³/mol. The Balaban J connectivity index is 0.000000165. The maximum Gasteiger partial charge on any atom is 0.261 e. The lowest BCUT2D eigenvalue weighted by molar-refractivity contribution is -0.137. The van der Waals surface area contributed by atoms with E-state index in [-0.39, 0.29) is 22.6 Å². The summed E-state index contributed by atoms with van der Waals surface area (Å²) in [6, 6.07) is 12.6. The second-order valence-corrected chi connectivity index (χ2v) is 17.2. The summed E-state index contributed by atoms with van der Waals surface area (Å²) < 4.78 is 13.1. The first-order chi connectivity index (χ1) is 24.0. The lowest BCUT2D eigenvalue weighted by atomic mass is 9.61. The van der Waals surface area contributed by atoms with E-state index in [9.17, 15) is 9.59 Å². The predicted octanol–water partition coefficient (Wildman–Crippen LogP) is 7.80. The molecule has 13 heteroatoms. The standard InChI is InChI=1S/C19H23BrN2O2S.C17H19BrN2O2S.CH3I/c1-22-16(23)19(21-17(22)25-3)15-10-13(20)5-4-12(15)11-18(19)8-6-14(24-2)7-9-18;1-22-12-4-6-16(7-5-12)9-10-2-3-11(18)8-13(10)17(16)14(21)19-15(23)20-17;1-2/h4-5,10,14H,6-9,11H2,1-3H3;2-3,8,12H,4-7,9H2,1H3,(H2,19,20,21,23);1H3. The van der Waals surface area contributed by atoms with Crippen LogP contribution in [-0.2, 0) is 43.0 Å². The molecular weight excluding hydrogens is 915 g/mol. The van der Waals surface area contributed by atoms with Gasteiger partial charge in [0, 0.05) is 41.0 Å². The number of thioether (sulfide) groups is 1. The average molecular weight is 961 g/mol. The number of benzene rings is 2. The Morgan fingerprint density at radius 3 is 1.86 bits per heavy atom. The number of ether oxygens (including phenoxy) is 2. The highest BCUT2D eigenvalue weighted by Gasteiger charge is 2.67. The fraction of sp³-hybridized carbons (Fsp3) is 0.568. The summed E-state index contributed by atoms with van der Waals surface area (Å²) >= 11 is 16.1. The number of aliphatic imine (C=N–C) groups is 1. The molecule has 2 saturated carbocycles. The molecule has 50 heavy (non-hydrogen) atoms.